The van der Waals surface area contributed by atoms with Gasteiger partial charge < -0.3 is 10.5 Å². The second kappa shape index (κ2) is 5.17. The van der Waals surface area contributed by atoms with Gasteiger partial charge in [0.15, 0.2) is 0 Å². The summed E-state index contributed by atoms with van der Waals surface area (Å²) >= 11 is 3.38. The van der Waals surface area contributed by atoms with Crippen LogP contribution < -0.4 is 10.5 Å². The van der Waals surface area contributed by atoms with Crippen LogP contribution in [-0.4, -0.2) is 7.11 Å². The molecule has 0 aliphatic heterocycles. The summed E-state index contributed by atoms with van der Waals surface area (Å²) in [5.41, 5.74) is 6.98. The Hall–Kier alpha value is -0.800. The van der Waals surface area contributed by atoms with Crippen LogP contribution in [0, 0.1) is 0 Å². The van der Waals surface area contributed by atoms with Gasteiger partial charge in [0.05, 0.1) is 7.11 Å². The summed E-state index contributed by atoms with van der Waals surface area (Å²) < 4.78 is 6.24. The average Bonchev–Trinajstić information content (AvgIpc) is 2.17. The van der Waals surface area contributed by atoms with Crippen LogP contribution in [0.25, 0.3) is 0 Å². The minimum atomic E-state index is -0.0458. The number of nitrogens with two attached hydrogens (primary N) is 1. The lowest BCUT2D eigenvalue weighted by Gasteiger charge is -2.14. The number of hydrogen-bond donors (Lipinski definition) is 1. The van der Waals surface area contributed by atoms with E-state index in [9.17, 15) is 0 Å². The third-order valence-electron chi connectivity index (χ3n) is 2.02. The highest BCUT2D eigenvalue weighted by atomic mass is 79.9. The van der Waals surface area contributed by atoms with Crippen molar-refractivity contribution in [3.8, 4) is 5.75 Å². The van der Waals surface area contributed by atoms with E-state index in [0.29, 0.717) is 0 Å². The van der Waals surface area contributed by atoms with Crippen LogP contribution in [0.3, 0.4) is 0 Å². The number of halogens is 1. The second-order valence-corrected chi connectivity index (χ2v) is 3.93. The molecule has 2 nitrogen and oxygen atoms in total. The highest BCUT2D eigenvalue weighted by Gasteiger charge is 2.10. The van der Waals surface area contributed by atoms with Crippen molar-refractivity contribution in [3.05, 3.63) is 40.9 Å². The monoisotopic (exact) mass is 255 g/mol. The highest BCUT2D eigenvalue weighted by Crippen LogP contribution is 2.28. The lowest BCUT2D eigenvalue weighted by molar-refractivity contribution is 0.405. The van der Waals surface area contributed by atoms with Crippen molar-refractivity contribution in [2.75, 3.05) is 7.11 Å². The topological polar surface area (TPSA) is 35.2 Å². The molecule has 1 atom stereocenters. The van der Waals surface area contributed by atoms with Crippen LogP contribution in [0.5, 0.6) is 5.75 Å². The van der Waals surface area contributed by atoms with E-state index in [2.05, 4.69) is 22.5 Å². The van der Waals surface area contributed by atoms with E-state index in [1.165, 1.54) is 0 Å². The molecule has 14 heavy (non-hydrogen) atoms. The van der Waals surface area contributed by atoms with E-state index in [1.54, 1.807) is 7.11 Å². The molecule has 1 aromatic carbocycles. The number of hydrogen-bond acceptors (Lipinski definition) is 2. The third kappa shape index (κ3) is 2.59. The molecule has 0 saturated heterocycles. The Balaban J connectivity index is 3.00. The molecule has 3 heteroatoms. The molecule has 76 valence electrons. The maximum atomic E-state index is 5.97. The molecule has 0 bridgehead atoms. The molecule has 2 N–H and O–H groups in total. The van der Waals surface area contributed by atoms with Crippen molar-refractivity contribution in [1.82, 2.24) is 0 Å². The average molecular weight is 256 g/mol. The lowest BCUT2D eigenvalue weighted by Crippen LogP contribution is -2.10. The Morgan fingerprint density at radius 1 is 1.64 bits per heavy atom. The Kier molecular flexibility index (Phi) is 4.17. The summed E-state index contributed by atoms with van der Waals surface area (Å²) in [4.78, 5) is 0. The zero-order valence-corrected chi connectivity index (χ0v) is 9.75. The van der Waals surface area contributed by atoms with E-state index < -0.39 is 0 Å². The maximum Gasteiger partial charge on any atom is 0.124 e. The van der Waals surface area contributed by atoms with Gasteiger partial charge in [-0.3, -0.25) is 0 Å². The fourth-order valence-electron chi connectivity index (χ4n) is 1.30. The largest absolute Gasteiger partial charge is 0.496 e. The summed E-state index contributed by atoms with van der Waals surface area (Å²) in [6.07, 6.45) is 2.56. The van der Waals surface area contributed by atoms with Gasteiger partial charge in [0.25, 0.3) is 0 Å². The predicted octanol–water partition coefficient (Wildman–Crippen LogP) is 3.03. The molecule has 0 aliphatic carbocycles. The van der Waals surface area contributed by atoms with Gasteiger partial charge in [0, 0.05) is 16.1 Å². The second-order valence-electron chi connectivity index (χ2n) is 3.02. The summed E-state index contributed by atoms with van der Waals surface area (Å²) in [5.74, 6) is 0.814. The first kappa shape index (κ1) is 11.3. The van der Waals surface area contributed by atoms with Gasteiger partial charge in [-0.15, -0.1) is 6.58 Å². The highest BCUT2D eigenvalue weighted by molar-refractivity contribution is 9.10. The molecule has 0 radical (unpaired) electrons. The van der Waals surface area contributed by atoms with E-state index in [-0.39, 0.29) is 6.04 Å². The van der Waals surface area contributed by atoms with Crippen molar-refractivity contribution in [2.45, 2.75) is 12.5 Å². The molecule has 0 saturated carbocycles. The minimum Gasteiger partial charge on any atom is -0.496 e. The van der Waals surface area contributed by atoms with Gasteiger partial charge in [0.2, 0.25) is 0 Å². The van der Waals surface area contributed by atoms with Gasteiger partial charge in [-0.25, -0.2) is 0 Å². The quantitative estimate of drug-likeness (QED) is 0.840. The van der Waals surface area contributed by atoms with Crippen LogP contribution in [0.4, 0.5) is 0 Å². The molecule has 0 spiro atoms. The third-order valence-corrected chi connectivity index (χ3v) is 2.51. The van der Waals surface area contributed by atoms with Crippen LogP contribution in [0.1, 0.15) is 18.0 Å². The maximum absolute atomic E-state index is 5.97. The molecular formula is C11H14BrNO. The Morgan fingerprint density at radius 2 is 2.36 bits per heavy atom. The Labute approximate surface area is 92.9 Å². The van der Waals surface area contributed by atoms with Crippen molar-refractivity contribution >= 4 is 15.9 Å². The first-order valence-electron chi connectivity index (χ1n) is 4.39. The number of rotatable bonds is 4. The van der Waals surface area contributed by atoms with Gasteiger partial charge in [-0.05, 0) is 18.6 Å². The summed E-state index contributed by atoms with van der Waals surface area (Å²) in [6, 6.07) is 5.80. The molecule has 0 aliphatic rings. The van der Waals surface area contributed by atoms with Crippen molar-refractivity contribution in [2.24, 2.45) is 5.73 Å². The number of benzene rings is 1. The van der Waals surface area contributed by atoms with Crippen LogP contribution in [0.2, 0.25) is 0 Å². The minimum absolute atomic E-state index is 0.0458. The lowest BCUT2D eigenvalue weighted by atomic mass is 10.0. The first-order valence-corrected chi connectivity index (χ1v) is 5.18. The van der Waals surface area contributed by atoms with Gasteiger partial charge in [-0.2, -0.15) is 0 Å². The zero-order chi connectivity index (χ0) is 10.6. The first-order chi connectivity index (χ1) is 6.69. The SMILES string of the molecule is C=CC[C@@H](N)c1ccc(Br)cc1OC. The van der Waals surface area contributed by atoms with E-state index in [4.69, 9.17) is 10.5 Å². The molecule has 0 amide bonds. The smallest absolute Gasteiger partial charge is 0.124 e. The summed E-state index contributed by atoms with van der Waals surface area (Å²) in [5, 5.41) is 0. The molecule has 0 aromatic heterocycles. The van der Waals surface area contributed by atoms with Crippen LogP contribution >= 0.6 is 15.9 Å². The standard InChI is InChI=1S/C11H14BrNO/c1-3-4-10(13)9-6-5-8(12)7-11(9)14-2/h3,5-7,10H,1,4,13H2,2H3/t10-/m1/s1. The van der Waals surface area contributed by atoms with Gasteiger partial charge in [-0.1, -0.05) is 28.1 Å². The predicted molar refractivity (Wildman–Crippen MR) is 62.4 cm³/mol. The molecule has 0 heterocycles. The van der Waals surface area contributed by atoms with Crippen molar-refractivity contribution < 1.29 is 4.74 Å². The van der Waals surface area contributed by atoms with Crippen LogP contribution in [-0.2, 0) is 0 Å². The zero-order valence-electron chi connectivity index (χ0n) is 8.16. The Bertz CT molecular complexity index is 325. The number of methoxy groups -OCH3 is 1. The fraction of sp³-hybridized carbons (Fsp3) is 0.273. The Morgan fingerprint density at radius 3 is 2.93 bits per heavy atom. The molecular weight excluding hydrogens is 242 g/mol. The van der Waals surface area contributed by atoms with Crippen molar-refractivity contribution in [3.63, 3.8) is 0 Å². The van der Waals surface area contributed by atoms with Crippen LogP contribution in [0.15, 0.2) is 35.3 Å². The molecule has 0 unspecified atom stereocenters. The molecule has 1 rings (SSSR count). The molecule has 0 fully saturated rings. The van der Waals surface area contributed by atoms with Gasteiger partial charge >= 0.3 is 0 Å². The normalized spacial score (nSPS) is 12.2. The summed E-state index contributed by atoms with van der Waals surface area (Å²) in [7, 11) is 1.64. The summed E-state index contributed by atoms with van der Waals surface area (Å²) in [6.45, 7) is 3.67. The number of ether oxygens (including phenoxy) is 1. The van der Waals surface area contributed by atoms with Crippen molar-refractivity contribution in [1.29, 1.82) is 0 Å². The van der Waals surface area contributed by atoms with Gasteiger partial charge in [0.1, 0.15) is 5.75 Å². The van der Waals surface area contributed by atoms with E-state index in [1.807, 2.05) is 24.3 Å². The fourth-order valence-corrected chi connectivity index (χ4v) is 1.64. The van der Waals surface area contributed by atoms with E-state index in [0.717, 1.165) is 22.2 Å². The molecule has 1 aromatic rings. The van der Waals surface area contributed by atoms with E-state index >= 15 is 0 Å².